The van der Waals surface area contributed by atoms with E-state index in [0.29, 0.717) is 13.1 Å². The molecule has 0 aromatic heterocycles. The number of benzene rings is 2. The number of hydrogen-bond acceptors (Lipinski definition) is 4. The summed E-state index contributed by atoms with van der Waals surface area (Å²) in [5.74, 6) is -1.17. The topological polar surface area (TPSA) is 63.7 Å². The van der Waals surface area contributed by atoms with Crippen LogP contribution in [0, 0.1) is 5.82 Å². The second kappa shape index (κ2) is 7.95. The lowest BCUT2D eigenvalue weighted by molar-refractivity contribution is 0.0734. The van der Waals surface area contributed by atoms with E-state index in [4.69, 9.17) is 16.3 Å². The summed E-state index contributed by atoms with van der Waals surface area (Å²) in [6.07, 6.45) is 0. The first kappa shape index (κ1) is 19.4. The Balaban J connectivity index is 2.35. The van der Waals surface area contributed by atoms with Gasteiger partial charge in [-0.1, -0.05) is 25.4 Å². The number of sulfonamides is 1. The summed E-state index contributed by atoms with van der Waals surface area (Å²) in [7, 11) is -3.74. The first-order valence-corrected chi connectivity index (χ1v) is 9.38. The van der Waals surface area contributed by atoms with Crippen molar-refractivity contribution in [3.05, 3.63) is 58.9 Å². The van der Waals surface area contributed by atoms with Crippen molar-refractivity contribution in [1.29, 1.82) is 0 Å². The molecule has 0 radical (unpaired) electrons. The van der Waals surface area contributed by atoms with E-state index < -0.39 is 21.8 Å². The maximum absolute atomic E-state index is 12.9. The zero-order valence-electron chi connectivity index (χ0n) is 13.7. The van der Waals surface area contributed by atoms with Gasteiger partial charge in [-0.05, 0) is 42.5 Å². The summed E-state index contributed by atoms with van der Waals surface area (Å²) in [4.78, 5) is 12.2. The molecule has 2 aromatic carbocycles. The van der Waals surface area contributed by atoms with Crippen molar-refractivity contribution in [3.63, 3.8) is 0 Å². The van der Waals surface area contributed by atoms with Gasteiger partial charge in [0.2, 0.25) is 10.0 Å². The fraction of sp³-hybridized carbons (Fsp3) is 0.235. The monoisotopic (exact) mass is 385 g/mol. The number of carbonyl (C=O) groups excluding carboxylic acids is 1. The lowest BCUT2D eigenvalue weighted by Gasteiger charge is -2.19. The SMILES string of the molecule is CCN(CC)S(=O)(=O)c1ccc(Cl)c(C(=O)Oc2ccc(F)cc2)c1. The van der Waals surface area contributed by atoms with Crippen molar-refractivity contribution >= 4 is 27.6 Å². The second-order valence-electron chi connectivity index (χ2n) is 5.07. The lowest BCUT2D eigenvalue weighted by atomic mass is 10.2. The van der Waals surface area contributed by atoms with Gasteiger partial charge in [-0.3, -0.25) is 0 Å². The normalized spacial score (nSPS) is 11.6. The molecule has 0 saturated carbocycles. The first-order chi connectivity index (χ1) is 11.8. The van der Waals surface area contributed by atoms with E-state index in [2.05, 4.69) is 0 Å². The molecule has 2 aromatic rings. The van der Waals surface area contributed by atoms with Crippen molar-refractivity contribution in [2.45, 2.75) is 18.7 Å². The minimum Gasteiger partial charge on any atom is -0.423 e. The summed E-state index contributed by atoms with van der Waals surface area (Å²) in [6.45, 7) is 4.05. The van der Waals surface area contributed by atoms with Crippen LogP contribution in [0.3, 0.4) is 0 Å². The third-order valence-corrected chi connectivity index (χ3v) is 5.90. The van der Waals surface area contributed by atoms with Crippen LogP contribution in [0.2, 0.25) is 5.02 Å². The Bertz CT molecular complexity index is 865. The fourth-order valence-electron chi connectivity index (χ4n) is 2.20. The van der Waals surface area contributed by atoms with Crippen LogP contribution in [0.1, 0.15) is 24.2 Å². The van der Waals surface area contributed by atoms with Crippen LogP contribution in [0.4, 0.5) is 4.39 Å². The van der Waals surface area contributed by atoms with Gasteiger partial charge >= 0.3 is 5.97 Å². The summed E-state index contributed by atoms with van der Waals surface area (Å²) in [5, 5.41) is 0.0607. The van der Waals surface area contributed by atoms with E-state index in [1.54, 1.807) is 13.8 Å². The van der Waals surface area contributed by atoms with Gasteiger partial charge in [0.05, 0.1) is 15.5 Å². The molecule has 5 nitrogen and oxygen atoms in total. The summed E-state index contributed by atoms with van der Waals surface area (Å²) in [5.41, 5.74) is -0.0841. The molecule has 2 rings (SSSR count). The van der Waals surface area contributed by atoms with Crippen molar-refractivity contribution in [1.82, 2.24) is 4.31 Å². The molecule has 0 aliphatic carbocycles. The molecule has 25 heavy (non-hydrogen) atoms. The van der Waals surface area contributed by atoms with Crippen LogP contribution in [-0.4, -0.2) is 31.8 Å². The van der Waals surface area contributed by atoms with E-state index in [1.165, 1.54) is 34.6 Å². The molecular formula is C17H17ClFNO4S. The van der Waals surface area contributed by atoms with E-state index in [0.717, 1.165) is 12.1 Å². The van der Waals surface area contributed by atoms with E-state index in [-0.39, 0.29) is 21.2 Å². The first-order valence-electron chi connectivity index (χ1n) is 7.57. The number of halogens is 2. The molecular weight excluding hydrogens is 369 g/mol. The zero-order valence-corrected chi connectivity index (χ0v) is 15.3. The molecule has 0 atom stereocenters. The average molecular weight is 386 g/mol. The van der Waals surface area contributed by atoms with Crippen LogP contribution < -0.4 is 4.74 Å². The molecule has 134 valence electrons. The molecule has 0 saturated heterocycles. The van der Waals surface area contributed by atoms with Gasteiger partial charge < -0.3 is 4.74 Å². The standard InChI is InChI=1S/C17H17ClFNO4S/c1-3-20(4-2)25(22,23)14-9-10-16(18)15(11-14)17(21)24-13-7-5-12(19)6-8-13/h5-11H,3-4H2,1-2H3. The predicted molar refractivity (Wildman–Crippen MR) is 92.9 cm³/mol. The minimum atomic E-state index is -3.74. The molecule has 0 aliphatic heterocycles. The van der Waals surface area contributed by atoms with Gasteiger partial charge in [-0.15, -0.1) is 0 Å². The fourth-order valence-corrected chi connectivity index (χ4v) is 3.88. The zero-order chi connectivity index (χ0) is 18.6. The largest absolute Gasteiger partial charge is 0.423 e. The highest BCUT2D eigenvalue weighted by Gasteiger charge is 2.24. The molecule has 0 heterocycles. The second-order valence-corrected chi connectivity index (χ2v) is 7.42. The Kier molecular flexibility index (Phi) is 6.16. The van der Waals surface area contributed by atoms with Gasteiger partial charge in [0.15, 0.2) is 0 Å². The molecule has 0 aliphatic rings. The maximum atomic E-state index is 12.9. The number of esters is 1. The van der Waals surface area contributed by atoms with Gasteiger partial charge in [0.25, 0.3) is 0 Å². The smallest absolute Gasteiger partial charge is 0.345 e. The number of hydrogen-bond donors (Lipinski definition) is 0. The molecule has 0 N–H and O–H groups in total. The highest BCUT2D eigenvalue weighted by Crippen LogP contribution is 2.24. The van der Waals surface area contributed by atoms with Gasteiger partial charge in [0.1, 0.15) is 11.6 Å². The van der Waals surface area contributed by atoms with Crippen LogP contribution in [-0.2, 0) is 10.0 Å². The maximum Gasteiger partial charge on any atom is 0.345 e. The Morgan fingerprint density at radius 3 is 2.28 bits per heavy atom. The third-order valence-electron chi connectivity index (χ3n) is 3.53. The number of rotatable bonds is 6. The van der Waals surface area contributed by atoms with Crippen LogP contribution in [0.25, 0.3) is 0 Å². The van der Waals surface area contributed by atoms with Crippen LogP contribution in [0.5, 0.6) is 5.75 Å². The van der Waals surface area contributed by atoms with E-state index in [9.17, 15) is 17.6 Å². The average Bonchev–Trinajstić information content (AvgIpc) is 2.58. The highest BCUT2D eigenvalue weighted by molar-refractivity contribution is 7.89. The van der Waals surface area contributed by atoms with Crippen molar-refractivity contribution in [3.8, 4) is 5.75 Å². The highest BCUT2D eigenvalue weighted by atomic mass is 35.5. The summed E-state index contributed by atoms with van der Waals surface area (Å²) >= 11 is 6.01. The van der Waals surface area contributed by atoms with Gasteiger partial charge in [-0.25, -0.2) is 17.6 Å². The molecule has 0 bridgehead atoms. The number of ether oxygens (including phenoxy) is 1. The van der Waals surface area contributed by atoms with Crippen molar-refractivity contribution < 1.29 is 22.3 Å². The summed E-state index contributed by atoms with van der Waals surface area (Å²) < 4.78 is 44.4. The van der Waals surface area contributed by atoms with Crippen molar-refractivity contribution in [2.24, 2.45) is 0 Å². The van der Waals surface area contributed by atoms with Crippen LogP contribution >= 0.6 is 11.6 Å². The molecule has 8 heteroatoms. The Morgan fingerprint density at radius 1 is 1.12 bits per heavy atom. The van der Waals surface area contributed by atoms with Gasteiger partial charge in [0, 0.05) is 13.1 Å². The number of carbonyl (C=O) groups is 1. The molecule has 0 unspecified atom stereocenters. The Hall–Kier alpha value is -1.96. The predicted octanol–water partition coefficient (Wildman–Crippen LogP) is 3.73. The van der Waals surface area contributed by atoms with Crippen LogP contribution in [0.15, 0.2) is 47.4 Å². The molecule has 0 spiro atoms. The quantitative estimate of drug-likeness (QED) is 0.561. The number of nitrogens with zero attached hydrogens (tertiary/aromatic N) is 1. The van der Waals surface area contributed by atoms with E-state index in [1.807, 2.05) is 0 Å². The van der Waals surface area contributed by atoms with Crippen molar-refractivity contribution in [2.75, 3.05) is 13.1 Å². The Morgan fingerprint density at radius 2 is 1.72 bits per heavy atom. The minimum absolute atomic E-state index is 0.0494. The lowest BCUT2D eigenvalue weighted by Crippen LogP contribution is -2.30. The summed E-state index contributed by atoms with van der Waals surface area (Å²) in [6, 6.07) is 8.72. The third kappa shape index (κ3) is 4.36. The van der Waals surface area contributed by atoms with E-state index >= 15 is 0 Å². The van der Waals surface area contributed by atoms with Gasteiger partial charge in [-0.2, -0.15) is 4.31 Å². The Labute approximate surface area is 151 Å². The molecule has 0 amide bonds. The molecule has 0 fully saturated rings.